The Bertz CT molecular complexity index is 611. The molecule has 2 N–H and O–H groups in total. The third-order valence-corrected chi connectivity index (χ3v) is 3.84. The molecule has 8 heteroatoms. The number of hydrogen-bond acceptors (Lipinski definition) is 7. The fourth-order valence-electron chi connectivity index (χ4n) is 1.49. The van der Waals surface area contributed by atoms with Gasteiger partial charge in [0, 0.05) is 14.1 Å². The van der Waals surface area contributed by atoms with Crippen LogP contribution in [0.5, 0.6) is 0 Å². The first-order valence-electron chi connectivity index (χ1n) is 5.57. The van der Waals surface area contributed by atoms with Crippen LogP contribution in [-0.4, -0.2) is 33.3 Å². The van der Waals surface area contributed by atoms with Gasteiger partial charge in [0.05, 0.1) is 27.7 Å². The molecule has 1 atom stereocenters. The monoisotopic (exact) mass is 281 g/mol. The Hall–Kier alpha value is -1.96. The van der Waals surface area contributed by atoms with Gasteiger partial charge in [-0.15, -0.1) is 0 Å². The van der Waals surface area contributed by atoms with Crippen LogP contribution >= 0.6 is 0 Å². The van der Waals surface area contributed by atoms with Crippen LogP contribution in [0.4, 0.5) is 11.9 Å². The molecule has 2 rings (SSSR count). The van der Waals surface area contributed by atoms with Gasteiger partial charge in [-0.3, -0.25) is 4.21 Å². The summed E-state index contributed by atoms with van der Waals surface area (Å²) in [4.78, 5) is 14.6. The Balaban J connectivity index is 2.24. The number of aromatic nitrogens is 3. The molecule has 2 heterocycles. The van der Waals surface area contributed by atoms with Crippen molar-refractivity contribution in [3.05, 3.63) is 23.9 Å². The van der Waals surface area contributed by atoms with Crippen LogP contribution in [0.25, 0.3) is 0 Å². The number of anilines is 2. The minimum atomic E-state index is -1.27. The van der Waals surface area contributed by atoms with Crippen LogP contribution in [0.2, 0.25) is 0 Å². The van der Waals surface area contributed by atoms with Crippen LogP contribution in [0.3, 0.4) is 0 Å². The van der Waals surface area contributed by atoms with Crippen molar-refractivity contribution in [2.45, 2.75) is 17.6 Å². The number of hydrogen-bond donors (Lipinski definition) is 1. The van der Waals surface area contributed by atoms with E-state index in [2.05, 4.69) is 15.0 Å². The molecule has 2 aromatic rings. The van der Waals surface area contributed by atoms with Crippen LogP contribution in [-0.2, 0) is 16.6 Å². The van der Waals surface area contributed by atoms with E-state index in [9.17, 15) is 4.21 Å². The van der Waals surface area contributed by atoms with Crippen molar-refractivity contribution in [3.63, 3.8) is 0 Å². The highest BCUT2D eigenvalue weighted by molar-refractivity contribution is 7.84. The number of rotatable bonds is 4. The van der Waals surface area contributed by atoms with Gasteiger partial charge >= 0.3 is 0 Å². The summed E-state index contributed by atoms with van der Waals surface area (Å²) >= 11 is 0. The lowest BCUT2D eigenvalue weighted by molar-refractivity contribution is 0.525. The minimum absolute atomic E-state index is 0.120. The summed E-state index contributed by atoms with van der Waals surface area (Å²) < 4.78 is 17.3. The fraction of sp³-hybridized carbons (Fsp3) is 0.364. The molecule has 0 aliphatic rings. The summed E-state index contributed by atoms with van der Waals surface area (Å²) in [6.45, 7) is 1.76. The standard InChI is InChI=1S/C11H15N5O2S/c1-7-8(4-5-18-7)19(17)6-9-13-10(12)15-11(14-9)16(2)3/h4-5H,6H2,1-3H3,(H2,12,13,14,15)/t19-/m0/s1. The minimum Gasteiger partial charge on any atom is -0.468 e. The van der Waals surface area contributed by atoms with Gasteiger partial charge in [0.15, 0.2) is 0 Å². The number of nitrogens with zero attached hydrogens (tertiary/aromatic N) is 4. The molecule has 0 bridgehead atoms. The molecule has 0 saturated heterocycles. The first kappa shape index (κ1) is 13.5. The Labute approximate surface area is 113 Å². The predicted octanol–water partition coefficient (Wildman–Crippen LogP) is 0.729. The number of nitrogen functional groups attached to an aromatic ring is 1. The predicted molar refractivity (Wildman–Crippen MR) is 72.1 cm³/mol. The third-order valence-electron chi connectivity index (χ3n) is 2.40. The lowest BCUT2D eigenvalue weighted by atomic mass is 10.5. The molecule has 7 nitrogen and oxygen atoms in total. The third kappa shape index (κ3) is 3.08. The molecular weight excluding hydrogens is 266 g/mol. The van der Waals surface area contributed by atoms with Crippen LogP contribution < -0.4 is 10.6 Å². The van der Waals surface area contributed by atoms with Gasteiger partial charge in [0.1, 0.15) is 11.6 Å². The molecule has 0 aliphatic heterocycles. The Kier molecular flexibility index (Phi) is 3.79. The summed E-state index contributed by atoms with van der Waals surface area (Å²) in [7, 11) is 2.34. The Morgan fingerprint density at radius 2 is 2.11 bits per heavy atom. The molecule has 2 aromatic heterocycles. The van der Waals surface area contributed by atoms with Gasteiger partial charge < -0.3 is 15.1 Å². The largest absolute Gasteiger partial charge is 0.468 e. The molecule has 102 valence electrons. The summed E-state index contributed by atoms with van der Waals surface area (Å²) in [6.07, 6.45) is 1.51. The van der Waals surface area contributed by atoms with Crippen LogP contribution in [0, 0.1) is 6.92 Å². The molecule has 0 fully saturated rings. The van der Waals surface area contributed by atoms with Crippen molar-refractivity contribution >= 4 is 22.7 Å². The van der Waals surface area contributed by atoms with Crippen molar-refractivity contribution in [2.75, 3.05) is 24.7 Å². The van der Waals surface area contributed by atoms with Gasteiger partial charge in [-0.1, -0.05) is 0 Å². The molecule has 19 heavy (non-hydrogen) atoms. The van der Waals surface area contributed by atoms with Crippen LogP contribution in [0.15, 0.2) is 21.6 Å². The van der Waals surface area contributed by atoms with E-state index in [-0.39, 0.29) is 11.7 Å². The molecule has 0 radical (unpaired) electrons. The summed E-state index contributed by atoms with van der Waals surface area (Å²) in [5, 5.41) is 0. The fourth-order valence-corrected chi connectivity index (χ4v) is 2.59. The van der Waals surface area contributed by atoms with E-state index in [1.54, 1.807) is 32.0 Å². The van der Waals surface area contributed by atoms with Gasteiger partial charge in [0.2, 0.25) is 11.9 Å². The highest BCUT2D eigenvalue weighted by atomic mass is 32.2. The number of furan rings is 1. The number of nitrogens with two attached hydrogens (primary N) is 1. The molecule has 0 saturated carbocycles. The zero-order chi connectivity index (χ0) is 14.0. The quantitative estimate of drug-likeness (QED) is 0.882. The summed E-state index contributed by atoms with van der Waals surface area (Å²) in [5.41, 5.74) is 5.62. The van der Waals surface area contributed by atoms with Gasteiger partial charge in [-0.25, -0.2) is 0 Å². The highest BCUT2D eigenvalue weighted by Crippen LogP contribution is 2.17. The second-order valence-electron chi connectivity index (χ2n) is 4.14. The molecular formula is C11H15N5O2S. The van der Waals surface area contributed by atoms with E-state index in [1.165, 1.54) is 6.26 Å². The van der Waals surface area contributed by atoms with E-state index in [4.69, 9.17) is 10.2 Å². The Morgan fingerprint density at radius 3 is 2.68 bits per heavy atom. The average Bonchev–Trinajstić information content (AvgIpc) is 2.74. The van der Waals surface area contributed by atoms with Crippen molar-refractivity contribution in [1.29, 1.82) is 0 Å². The van der Waals surface area contributed by atoms with E-state index >= 15 is 0 Å². The lowest BCUT2D eigenvalue weighted by Crippen LogP contribution is -2.16. The average molecular weight is 281 g/mol. The SMILES string of the molecule is Cc1occc1[S@@](=O)Cc1nc(N)nc(N(C)C)n1. The van der Waals surface area contributed by atoms with E-state index in [1.807, 2.05) is 0 Å². The highest BCUT2D eigenvalue weighted by Gasteiger charge is 2.14. The van der Waals surface area contributed by atoms with Gasteiger partial charge in [-0.05, 0) is 13.0 Å². The molecule has 0 spiro atoms. The molecule has 0 aromatic carbocycles. The van der Waals surface area contributed by atoms with E-state index in [0.717, 1.165) is 0 Å². The van der Waals surface area contributed by atoms with Gasteiger partial charge in [-0.2, -0.15) is 15.0 Å². The molecule has 0 amide bonds. The number of aryl methyl sites for hydroxylation is 1. The van der Waals surface area contributed by atoms with Crippen molar-refractivity contribution in [3.8, 4) is 0 Å². The summed E-state index contributed by atoms with van der Waals surface area (Å²) in [6, 6.07) is 1.68. The maximum Gasteiger partial charge on any atom is 0.229 e. The second-order valence-corrected chi connectivity index (χ2v) is 5.55. The van der Waals surface area contributed by atoms with Gasteiger partial charge in [0.25, 0.3) is 0 Å². The molecule has 0 aliphatic carbocycles. The van der Waals surface area contributed by atoms with E-state index in [0.29, 0.717) is 22.4 Å². The topological polar surface area (TPSA) is 98.1 Å². The van der Waals surface area contributed by atoms with Crippen LogP contribution in [0.1, 0.15) is 11.6 Å². The normalized spacial score (nSPS) is 12.4. The zero-order valence-corrected chi connectivity index (χ0v) is 11.8. The maximum atomic E-state index is 12.2. The van der Waals surface area contributed by atoms with Crippen molar-refractivity contribution in [2.24, 2.45) is 0 Å². The smallest absolute Gasteiger partial charge is 0.229 e. The first-order valence-corrected chi connectivity index (χ1v) is 6.89. The second kappa shape index (κ2) is 5.35. The van der Waals surface area contributed by atoms with E-state index < -0.39 is 10.8 Å². The lowest BCUT2D eigenvalue weighted by Gasteiger charge is -2.11. The summed E-state index contributed by atoms with van der Waals surface area (Å²) in [5.74, 6) is 1.77. The maximum absolute atomic E-state index is 12.2. The van der Waals surface area contributed by atoms with Crippen molar-refractivity contribution in [1.82, 2.24) is 15.0 Å². The molecule has 0 unspecified atom stereocenters. The first-order chi connectivity index (χ1) is 8.97. The zero-order valence-electron chi connectivity index (χ0n) is 11.0. The Morgan fingerprint density at radius 1 is 1.37 bits per heavy atom. The van der Waals surface area contributed by atoms with Crippen molar-refractivity contribution < 1.29 is 8.63 Å².